The van der Waals surface area contributed by atoms with E-state index in [0.717, 1.165) is 50.3 Å². The molecule has 0 spiro atoms. The van der Waals surface area contributed by atoms with Crippen LogP contribution in [0.5, 0.6) is 0 Å². The Bertz CT molecular complexity index is 2980. The number of nitrogens with one attached hydrogen (secondary N) is 1. The molecule has 0 saturated heterocycles. The molecular weight excluding hydrogens is 645 g/mol. The average Bonchev–Trinajstić information content (AvgIpc) is 3.75. The van der Waals surface area contributed by atoms with E-state index in [1.54, 1.807) is 0 Å². The summed E-state index contributed by atoms with van der Waals surface area (Å²) in [7, 11) is 0. The van der Waals surface area contributed by atoms with Crippen LogP contribution in [0.15, 0.2) is 176 Å². The van der Waals surface area contributed by atoms with Gasteiger partial charge in [0.05, 0.1) is 27.9 Å². The molecule has 10 rings (SSSR count). The van der Waals surface area contributed by atoms with Crippen LogP contribution in [0.25, 0.3) is 100 Å². The predicted molar refractivity (Wildman–Crippen MR) is 223 cm³/mol. The van der Waals surface area contributed by atoms with E-state index in [9.17, 15) is 0 Å². The summed E-state index contributed by atoms with van der Waals surface area (Å²) in [5, 5.41) is 7.31. The van der Waals surface area contributed by atoms with Gasteiger partial charge in [0, 0.05) is 49.4 Å². The molecule has 53 heavy (non-hydrogen) atoms. The second-order valence-electron chi connectivity index (χ2n) is 13.5. The lowest BCUT2D eigenvalue weighted by molar-refractivity contribution is 1.17. The molecule has 0 bridgehead atoms. The van der Waals surface area contributed by atoms with Gasteiger partial charge in [-0.25, -0.2) is 9.97 Å². The number of aromatic amines is 1. The second-order valence-corrected chi connectivity index (χ2v) is 13.5. The SMILES string of the molecule is C/C=C\C=C/c1ccc2[nH]c3c(ccc4c5cc6ccccc6cc5n(-c5ccc(-c6nc(-c7ccccc7)cc(-c7ccccc7)n6)cc5)c43)c2c1. The molecule has 0 saturated carbocycles. The second kappa shape index (κ2) is 12.6. The molecule has 0 aliphatic heterocycles. The first kappa shape index (κ1) is 30.8. The topological polar surface area (TPSA) is 46.5 Å². The van der Waals surface area contributed by atoms with Crippen molar-refractivity contribution in [2.45, 2.75) is 6.92 Å². The summed E-state index contributed by atoms with van der Waals surface area (Å²) < 4.78 is 2.42. The highest BCUT2D eigenvalue weighted by Gasteiger charge is 2.19. The molecule has 0 radical (unpaired) electrons. The highest BCUT2D eigenvalue weighted by Crippen LogP contribution is 2.40. The molecule has 3 aromatic heterocycles. The Balaban J connectivity index is 1.18. The van der Waals surface area contributed by atoms with Gasteiger partial charge < -0.3 is 9.55 Å². The van der Waals surface area contributed by atoms with Gasteiger partial charge in [0.1, 0.15) is 0 Å². The quantitative estimate of drug-likeness (QED) is 0.178. The molecule has 4 nitrogen and oxygen atoms in total. The Morgan fingerprint density at radius 2 is 1.19 bits per heavy atom. The van der Waals surface area contributed by atoms with Crippen LogP contribution in [-0.4, -0.2) is 19.5 Å². The van der Waals surface area contributed by atoms with E-state index >= 15 is 0 Å². The Labute approximate surface area is 307 Å². The lowest BCUT2D eigenvalue weighted by atomic mass is 10.0. The van der Waals surface area contributed by atoms with Crippen LogP contribution in [0, 0.1) is 0 Å². The molecule has 0 fully saturated rings. The standard InChI is InChI=1S/C49H34N4/c1-2-3-6-13-32-20-27-43-41(28-32)39-25-26-40-42-29-36-18-11-12-19-37(36)30-46(42)53(48(40)47(39)50-43)38-23-21-35(22-24-38)49-51-44(33-14-7-4-8-15-33)31-45(52-49)34-16-9-5-10-17-34/h2-31,50H,1H3/b3-2-,13-6-. The summed E-state index contributed by atoms with van der Waals surface area (Å²) in [5.41, 5.74) is 11.7. The highest BCUT2D eigenvalue weighted by atomic mass is 15.0. The van der Waals surface area contributed by atoms with E-state index in [0.29, 0.717) is 5.82 Å². The van der Waals surface area contributed by atoms with Crippen molar-refractivity contribution in [2.75, 3.05) is 0 Å². The van der Waals surface area contributed by atoms with Gasteiger partial charge in [-0.05, 0) is 77.9 Å². The van der Waals surface area contributed by atoms with Crippen molar-refractivity contribution in [2.24, 2.45) is 0 Å². The van der Waals surface area contributed by atoms with E-state index in [2.05, 4.69) is 149 Å². The first-order chi connectivity index (χ1) is 26.2. The van der Waals surface area contributed by atoms with E-state index in [1.165, 1.54) is 43.4 Å². The first-order valence-corrected chi connectivity index (χ1v) is 18.0. The van der Waals surface area contributed by atoms with Gasteiger partial charge >= 0.3 is 0 Å². The molecule has 7 aromatic carbocycles. The summed E-state index contributed by atoms with van der Waals surface area (Å²) in [5.74, 6) is 0.697. The molecule has 0 aliphatic carbocycles. The number of hydrogen-bond donors (Lipinski definition) is 1. The molecule has 0 amide bonds. The van der Waals surface area contributed by atoms with E-state index in [1.807, 2.05) is 49.4 Å². The summed E-state index contributed by atoms with van der Waals surface area (Å²) in [4.78, 5) is 14.0. The number of H-pyrrole nitrogens is 1. The van der Waals surface area contributed by atoms with E-state index in [4.69, 9.17) is 9.97 Å². The third-order valence-electron chi connectivity index (χ3n) is 10.2. The number of rotatable bonds is 6. The van der Waals surface area contributed by atoms with Crippen LogP contribution in [-0.2, 0) is 0 Å². The minimum atomic E-state index is 0.697. The fraction of sp³-hybridized carbons (Fsp3) is 0.0204. The van der Waals surface area contributed by atoms with Crippen molar-refractivity contribution in [3.8, 4) is 39.6 Å². The zero-order chi connectivity index (χ0) is 35.3. The molecule has 4 heteroatoms. The molecule has 0 unspecified atom stereocenters. The van der Waals surface area contributed by atoms with Gasteiger partial charge in [-0.2, -0.15) is 0 Å². The van der Waals surface area contributed by atoms with Crippen LogP contribution in [0.2, 0.25) is 0 Å². The third-order valence-corrected chi connectivity index (χ3v) is 10.2. The number of hydrogen-bond acceptors (Lipinski definition) is 2. The van der Waals surface area contributed by atoms with Gasteiger partial charge in [-0.15, -0.1) is 0 Å². The van der Waals surface area contributed by atoms with Crippen molar-refractivity contribution in [1.82, 2.24) is 19.5 Å². The molecule has 0 aliphatic rings. The molecule has 3 heterocycles. The Hall–Kier alpha value is -7.04. The number of benzene rings is 7. The van der Waals surface area contributed by atoms with Crippen molar-refractivity contribution in [1.29, 1.82) is 0 Å². The molecular formula is C49H34N4. The maximum Gasteiger partial charge on any atom is 0.160 e. The minimum absolute atomic E-state index is 0.697. The summed E-state index contributed by atoms with van der Waals surface area (Å²) in [6.45, 7) is 2.03. The number of aromatic nitrogens is 4. The van der Waals surface area contributed by atoms with Gasteiger partial charge in [0.2, 0.25) is 0 Å². The zero-order valence-electron chi connectivity index (χ0n) is 29.2. The van der Waals surface area contributed by atoms with Crippen molar-refractivity contribution < 1.29 is 0 Å². The van der Waals surface area contributed by atoms with Crippen LogP contribution < -0.4 is 0 Å². The lowest BCUT2D eigenvalue weighted by Crippen LogP contribution is -1.97. The Kier molecular flexibility index (Phi) is 7.33. The molecule has 250 valence electrons. The average molecular weight is 679 g/mol. The Morgan fingerprint density at radius 1 is 0.528 bits per heavy atom. The number of fused-ring (bicyclic) bond motifs is 8. The van der Waals surface area contributed by atoms with Crippen LogP contribution in [0.3, 0.4) is 0 Å². The van der Waals surface area contributed by atoms with E-state index < -0.39 is 0 Å². The summed E-state index contributed by atoms with van der Waals surface area (Å²) in [6.07, 6.45) is 8.35. The minimum Gasteiger partial charge on any atom is -0.353 e. The van der Waals surface area contributed by atoms with Crippen molar-refractivity contribution in [3.05, 3.63) is 182 Å². The summed E-state index contributed by atoms with van der Waals surface area (Å²) >= 11 is 0. The van der Waals surface area contributed by atoms with Gasteiger partial charge in [-0.3, -0.25) is 0 Å². The fourth-order valence-corrected chi connectivity index (χ4v) is 7.67. The maximum absolute atomic E-state index is 5.09. The van der Waals surface area contributed by atoms with Crippen LogP contribution in [0.1, 0.15) is 12.5 Å². The fourth-order valence-electron chi connectivity index (χ4n) is 7.67. The smallest absolute Gasteiger partial charge is 0.160 e. The monoisotopic (exact) mass is 678 g/mol. The lowest BCUT2D eigenvalue weighted by Gasteiger charge is -2.12. The van der Waals surface area contributed by atoms with Crippen LogP contribution in [0.4, 0.5) is 0 Å². The molecule has 0 atom stereocenters. The van der Waals surface area contributed by atoms with Crippen molar-refractivity contribution >= 4 is 60.5 Å². The third kappa shape index (κ3) is 5.31. The molecule has 1 N–H and O–H groups in total. The Morgan fingerprint density at radius 3 is 1.89 bits per heavy atom. The summed E-state index contributed by atoms with van der Waals surface area (Å²) in [6, 6.07) is 56.0. The highest BCUT2D eigenvalue weighted by molar-refractivity contribution is 6.24. The maximum atomic E-state index is 5.09. The number of nitrogens with zero attached hydrogens (tertiary/aromatic N) is 3. The van der Waals surface area contributed by atoms with Crippen LogP contribution >= 0.6 is 0 Å². The van der Waals surface area contributed by atoms with Crippen molar-refractivity contribution in [3.63, 3.8) is 0 Å². The van der Waals surface area contributed by atoms with E-state index in [-0.39, 0.29) is 0 Å². The first-order valence-electron chi connectivity index (χ1n) is 18.0. The number of allylic oxidation sites excluding steroid dienone is 3. The normalized spacial score (nSPS) is 12.1. The predicted octanol–water partition coefficient (Wildman–Crippen LogP) is 13.0. The van der Waals surface area contributed by atoms with Gasteiger partial charge in [0.15, 0.2) is 5.82 Å². The molecule has 10 aromatic rings. The largest absolute Gasteiger partial charge is 0.353 e. The zero-order valence-corrected chi connectivity index (χ0v) is 29.2. The van der Waals surface area contributed by atoms with Gasteiger partial charge in [-0.1, -0.05) is 127 Å². The van der Waals surface area contributed by atoms with Gasteiger partial charge in [0.25, 0.3) is 0 Å².